The lowest BCUT2D eigenvalue weighted by molar-refractivity contribution is 0.151. The van der Waals surface area contributed by atoms with Crippen molar-refractivity contribution in [2.75, 3.05) is 17.6 Å². The van der Waals surface area contributed by atoms with Crippen molar-refractivity contribution in [1.82, 2.24) is 29.7 Å². The summed E-state index contributed by atoms with van der Waals surface area (Å²) in [5.74, 6) is 1.35. The van der Waals surface area contributed by atoms with Gasteiger partial charge in [-0.25, -0.2) is 28.4 Å². The molecule has 0 amide bonds. The standard InChI is InChI=1S/C24H25ClF2N8O/c1-13(36-24-21(14(2)34-35(24)3)23-30-9-7-20(28)33-23)6-8-29-18-10-19(25)32-12-16(18)17-5-4-15(11-31-17)22(26)27/h4-5,7,9-13,22H,6,8H2,1-3H3,(H,29,32)(H2,28,30,33)/t13-/m0/s1. The van der Waals surface area contributed by atoms with Crippen LogP contribution in [-0.4, -0.2) is 42.4 Å². The van der Waals surface area contributed by atoms with E-state index in [-0.39, 0.29) is 11.7 Å². The van der Waals surface area contributed by atoms with Crippen molar-refractivity contribution in [1.29, 1.82) is 0 Å². The van der Waals surface area contributed by atoms with Crippen LogP contribution >= 0.6 is 11.6 Å². The monoisotopic (exact) mass is 514 g/mol. The zero-order chi connectivity index (χ0) is 25.8. The molecule has 0 saturated carbocycles. The molecule has 0 spiro atoms. The van der Waals surface area contributed by atoms with Gasteiger partial charge in [-0.15, -0.1) is 0 Å². The van der Waals surface area contributed by atoms with Gasteiger partial charge in [0.05, 0.1) is 17.5 Å². The number of nitrogen functional groups attached to an aromatic ring is 1. The average molecular weight is 515 g/mol. The molecule has 0 radical (unpaired) electrons. The number of alkyl halides is 2. The number of ether oxygens (including phenoxy) is 1. The van der Waals surface area contributed by atoms with E-state index in [0.717, 1.165) is 11.9 Å². The number of anilines is 2. The van der Waals surface area contributed by atoms with Gasteiger partial charge in [0.25, 0.3) is 6.43 Å². The predicted octanol–water partition coefficient (Wildman–Crippen LogP) is 5.09. The number of rotatable bonds is 9. The summed E-state index contributed by atoms with van der Waals surface area (Å²) in [5.41, 5.74) is 8.94. The van der Waals surface area contributed by atoms with E-state index in [2.05, 4.69) is 30.4 Å². The normalized spacial score (nSPS) is 12.1. The molecule has 0 aromatic carbocycles. The maximum Gasteiger partial charge on any atom is 0.265 e. The molecule has 0 fully saturated rings. The van der Waals surface area contributed by atoms with Crippen molar-refractivity contribution < 1.29 is 13.5 Å². The van der Waals surface area contributed by atoms with Gasteiger partial charge in [0.15, 0.2) is 5.82 Å². The van der Waals surface area contributed by atoms with Gasteiger partial charge in [-0.3, -0.25) is 4.98 Å². The van der Waals surface area contributed by atoms with Crippen LogP contribution in [0.5, 0.6) is 5.88 Å². The molecule has 4 aromatic rings. The fraction of sp³-hybridized carbons (Fsp3) is 0.292. The van der Waals surface area contributed by atoms with Crippen LogP contribution in [0, 0.1) is 6.92 Å². The van der Waals surface area contributed by atoms with Crippen molar-refractivity contribution in [2.24, 2.45) is 7.05 Å². The van der Waals surface area contributed by atoms with E-state index in [1.54, 1.807) is 36.3 Å². The zero-order valence-corrected chi connectivity index (χ0v) is 20.7. The summed E-state index contributed by atoms with van der Waals surface area (Å²) in [6.07, 6.45) is 2.16. The van der Waals surface area contributed by atoms with Gasteiger partial charge in [0, 0.05) is 55.4 Å². The Morgan fingerprint density at radius 2 is 1.97 bits per heavy atom. The van der Waals surface area contributed by atoms with Crippen LogP contribution in [-0.2, 0) is 7.05 Å². The van der Waals surface area contributed by atoms with E-state index in [1.165, 1.54) is 12.1 Å². The molecule has 9 nitrogen and oxygen atoms in total. The highest BCUT2D eigenvalue weighted by Crippen LogP contribution is 2.32. The Hall–Kier alpha value is -3.86. The first-order valence-electron chi connectivity index (χ1n) is 11.2. The minimum absolute atomic E-state index is 0.144. The van der Waals surface area contributed by atoms with Crippen molar-refractivity contribution in [3.05, 3.63) is 59.3 Å². The zero-order valence-electron chi connectivity index (χ0n) is 19.9. The van der Waals surface area contributed by atoms with E-state index >= 15 is 0 Å². The van der Waals surface area contributed by atoms with Crippen LogP contribution in [0.25, 0.3) is 22.6 Å². The third kappa shape index (κ3) is 5.68. The number of halogens is 3. The maximum atomic E-state index is 12.9. The summed E-state index contributed by atoms with van der Waals surface area (Å²) in [7, 11) is 1.79. The molecular weight excluding hydrogens is 490 g/mol. The summed E-state index contributed by atoms with van der Waals surface area (Å²) < 4.78 is 33.6. The Balaban J connectivity index is 1.46. The van der Waals surface area contributed by atoms with Crippen molar-refractivity contribution in [3.63, 3.8) is 0 Å². The smallest absolute Gasteiger partial charge is 0.265 e. The third-order valence-electron chi connectivity index (χ3n) is 5.43. The molecule has 12 heteroatoms. The Morgan fingerprint density at radius 1 is 1.17 bits per heavy atom. The Bertz CT molecular complexity index is 1350. The first kappa shape index (κ1) is 25.2. The summed E-state index contributed by atoms with van der Waals surface area (Å²) in [6.45, 7) is 4.33. The summed E-state index contributed by atoms with van der Waals surface area (Å²) in [4.78, 5) is 16.9. The second-order valence-electron chi connectivity index (χ2n) is 8.17. The van der Waals surface area contributed by atoms with E-state index in [1.807, 2.05) is 13.8 Å². The van der Waals surface area contributed by atoms with Crippen LogP contribution < -0.4 is 15.8 Å². The highest BCUT2D eigenvalue weighted by molar-refractivity contribution is 6.29. The van der Waals surface area contributed by atoms with Gasteiger partial charge in [-0.05, 0) is 38.1 Å². The van der Waals surface area contributed by atoms with Crippen LogP contribution in [0.3, 0.4) is 0 Å². The number of nitrogens with two attached hydrogens (primary N) is 1. The molecule has 0 aliphatic carbocycles. The molecule has 188 valence electrons. The lowest BCUT2D eigenvalue weighted by Crippen LogP contribution is -2.19. The quantitative estimate of drug-likeness (QED) is 0.297. The summed E-state index contributed by atoms with van der Waals surface area (Å²) >= 11 is 6.10. The molecule has 4 aromatic heterocycles. The number of hydrogen-bond donors (Lipinski definition) is 2. The minimum Gasteiger partial charge on any atom is -0.474 e. The van der Waals surface area contributed by atoms with Gasteiger partial charge >= 0.3 is 0 Å². The average Bonchev–Trinajstić information content (AvgIpc) is 3.11. The maximum absolute atomic E-state index is 12.9. The second-order valence-corrected chi connectivity index (χ2v) is 8.56. The molecule has 3 N–H and O–H groups in total. The number of nitrogens with zero attached hydrogens (tertiary/aromatic N) is 6. The van der Waals surface area contributed by atoms with E-state index < -0.39 is 6.43 Å². The predicted molar refractivity (Wildman–Crippen MR) is 134 cm³/mol. The SMILES string of the molecule is Cc1nn(C)c(O[C@@H](C)CCNc2cc(Cl)ncc2-c2ccc(C(F)F)cn2)c1-c1nccc(N)n1. The molecule has 36 heavy (non-hydrogen) atoms. The highest BCUT2D eigenvalue weighted by atomic mass is 35.5. The fourth-order valence-electron chi connectivity index (χ4n) is 3.66. The molecule has 0 unspecified atom stereocenters. The fourth-order valence-corrected chi connectivity index (χ4v) is 3.81. The van der Waals surface area contributed by atoms with Gasteiger partial charge < -0.3 is 15.8 Å². The number of aryl methyl sites for hydroxylation is 2. The third-order valence-corrected chi connectivity index (χ3v) is 5.64. The number of hydrogen-bond acceptors (Lipinski definition) is 8. The lowest BCUT2D eigenvalue weighted by Gasteiger charge is -2.17. The van der Waals surface area contributed by atoms with Crippen molar-refractivity contribution in [2.45, 2.75) is 32.8 Å². The van der Waals surface area contributed by atoms with Gasteiger partial charge in [-0.1, -0.05) is 11.6 Å². The van der Waals surface area contributed by atoms with Gasteiger partial charge in [0.2, 0.25) is 5.88 Å². The van der Waals surface area contributed by atoms with Gasteiger partial charge in [-0.2, -0.15) is 5.10 Å². The van der Waals surface area contributed by atoms with Crippen LogP contribution in [0.1, 0.15) is 31.0 Å². The Morgan fingerprint density at radius 3 is 2.67 bits per heavy atom. The molecular formula is C24H25ClF2N8O. The second kappa shape index (κ2) is 10.8. The van der Waals surface area contributed by atoms with Crippen molar-refractivity contribution in [3.8, 4) is 28.5 Å². The topological polar surface area (TPSA) is 117 Å². The van der Waals surface area contributed by atoms with Crippen LogP contribution in [0.4, 0.5) is 20.3 Å². The largest absolute Gasteiger partial charge is 0.474 e. The molecule has 0 aliphatic heterocycles. The molecule has 4 rings (SSSR count). The summed E-state index contributed by atoms with van der Waals surface area (Å²) in [6, 6.07) is 6.17. The van der Waals surface area contributed by atoms with Crippen LogP contribution in [0.15, 0.2) is 42.9 Å². The molecule has 0 bridgehead atoms. The van der Waals surface area contributed by atoms with E-state index in [9.17, 15) is 8.78 Å². The van der Waals surface area contributed by atoms with Gasteiger partial charge in [0.1, 0.15) is 16.5 Å². The first-order chi connectivity index (χ1) is 17.2. The Labute approximate surface area is 211 Å². The van der Waals surface area contributed by atoms with E-state index in [4.69, 9.17) is 22.1 Å². The number of aromatic nitrogens is 6. The molecule has 4 heterocycles. The Kier molecular flexibility index (Phi) is 7.58. The van der Waals surface area contributed by atoms with Crippen LogP contribution in [0.2, 0.25) is 5.15 Å². The minimum atomic E-state index is -2.58. The molecule has 0 saturated heterocycles. The number of nitrogens with one attached hydrogen (secondary N) is 1. The lowest BCUT2D eigenvalue weighted by atomic mass is 10.1. The summed E-state index contributed by atoms with van der Waals surface area (Å²) in [5, 5.41) is 8.07. The molecule has 0 aliphatic rings. The first-order valence-corrected chi connectivity index (χ1v) is 11.5. The van der Waals surface area contributed by atoms with Crippen molar-refractivity contribution >= 4 is 23.1 Å². The van der Waals surface area contributed by atoms with E-state index in [0.29, 0.717) is 58.1 Å². The highest BCUT2D eigenvalue weighted by Gasteiger charge is 2.21. The number of pyridine rings is 2. The molecule has 1 atom stereocenters.